The number of amides is 2. The minimum atomic E-state index is -0.369. The standard InChI is InChI=1S/C24H22N4O2/c1-3-17-10-4-5-12-19(17)26-24(30)22-27-21(20-13-6-7-14-28(20)22)23(29)25-18-11-8-9-16(2)15-18/h4-15H,3H2,1-2H3,(H,25,29)(H,26,30). The van der Waals surface area contributed by atoms with Crippen LogP contribution in [-0.4, -0.2) is 21.2 Å². The van der Waals surface area contributed by atoms with E-state index in [4.69, 9.17) is 0 Å². The fourth-order valence-electron chi connectivity index (χ4n) is 3.41. The molecule has 4 rings (SSSR count). The Hall–Kier alpha value is -3.93. The van der Waals surface area contributed by atoms with Crippen molar-refractivity contribution in [1.29, 1.82) is 0 Å². The second-order valence-corrected chi connectivity index (χ2v) is 7.03. The van der Waals surface area contributed by atoms with Crippen molar-refractivity contribution in [3.05, 3.63) is 95.6 Å². The van der Waals surface area contributed by atoms with Crippen molar-refractivity contribution >= 4 is 28.7 Å². The molecule has 2 N–H and O–H groups in total. The molecule has 0 aliphatic carbocycles. The van der Waals surface area contributed by atoms with Gasteiger partial charge in [-0.3, -0.25) is 14.0 Å². The molecule has 2 aromatic heterocycles. The third kappa shape index (κ3) is 3.80. The lowest BCUT2D eigenvalue weighted by Gasteiger charge is -2.08. The molecule has 0 bridgehead atoms. The van der Waals surface area contributed by atoms with Crippen LogP contribution in [0.3, 0.4) is 0 Å². The molecule has 0 unspecified atom stereocenters. The minimum absolute atomic E-state index is 0.158. The Morgan fingerprint density at radius 3 is 2.53 bits per heavy atom. The second-order valence-electron chi connectivity index (χ2n) is 7.03. The molecule has 0 spiro atoms. The van der Waals surface area contributed by atoms with Gasteiger partial charge in [0.25, 0.3) is 11.8 Å². The molecule has 6 heteroatoms. The highest BCUT2D eigenvalue weighted by Crippen LogP contribution is 2.20. The molecule has 0 atom stereocenters. The molecular weight excluding hydrogens is 376 g/mol. The first-order chi connectivity index (χ1) is 14.6. The summed E-state index contributed by atoms with van der Waals surface area (Å²) >= 11 is 0. The highest BCUT2D eigenvalue weighted by molar-refractivity contribution is 6.10. The minimum Gasteiger partial charge on any atom is -0.321 e. The molecule has 0 aliphatic heterocycles. The molecule has 2 amide bonds. The Labute approximate surface area is 174 Å². The first kappa shape index (κ1) is 19.4. The summed E-state index contributed by atoms with van der Waals surface area (Å²) in [6.07, 6.45) is 2.52. The van der Waals surface area contributed by atoms with E-state index in [0.29, 0.717) is 11.2 Å². The summed E-state index contributed by atoms with van der Waals surface area (Å²) < 4.78 is 1.63. The van der Waals surface area contributed by atoms with Gasteiger partial charge in [0.15, 0.2) is 5.69 Å². The van der Waals surface area contributed by atoms with Crippen LogP contribution < -0.4 is 10.6 Å². The number of benzene rings is 2. The molecule has 4 aromatic rings. The average Bonchev–Trinajstić information content (AvgIpc) is 3.14. The average molecular weight is 398 g/mol. The first-order valence-electron chi connectivity index (χ1n) is 9.81. The molecule has 30 heavy (non-hydrogen) atoms. The normalized spacial score (nSPS) is 10.7. The summed E-state index contributed by atoms with van der Waals surface area (Å²) in [6.45, 7) is 3.99. The lowest BCUT2D eigenvalue weighted by molar-refractivity contribution is 0.101. The number of rotatable bonds is 5. The van der Waals surface area contributed by atoms with E-state index in [2.05, 4.69) is 15.6 Å². The number of anilines is 2. The number of nitrogens with zero attached hydrogens (tertiary/aromatic N) is 2. The number of imidazole rings is 1. The summed E-state index contributed by atoms with van der Waals surface area (Å²) in [5.74, 6) is -0.574. The zero-order valence-electron chi connectivity index (χ0n) is 16.8. The highest BCUT2D eigenvalue weighted by Gasteiger charge is 2.22. The Morgan fingerprint density at radius 1 is 0.933 bits per heavy atom. The van der Waals surface area contributed by atoms with Gasteiger partial charge in [-0.1, -0.05) is 43.3 Å². The number of aryl methyl sites for hydroxylation is 2. The Kier molecular flexibility index (Phi) is 5.30. The molecule has 2 heterocycles. The van der Waals surface area contributed by atoms with Gasteiger partial charge in [0.1, 0.15) is 0 Å². The number of carbonyl (C=O) groups excluding carboxylic acids is 2. The van der Waals surface area contributed by atoms with E-state index >= 15 is 0 Å². The van der Waals surface area contributed by atoms with Crippen molar-refractivity contribution in [1.82, 2.24) is 9.38 Å². The summed E-state index contributed by atoms with van der Waals surface area (Å²) in [6, 6.07) is 20.6. The van der Waals surface area contributed by atoms with Gasteiger partial charge in [-0.15, -0.1) is 0 Å². The van der Waals surface area contributed by atoms with Gasteiger partial charge in [0.2, 0.25) is 5.82 Å². The predicted molar refractivity (Wildman–Crippen MR) is 118 cm³/mol. The highest BCUT2D eigenvalue weighted by atomic mass is 16.2. The first-order valence-corrected chi connectivity index (χ1v) is 9.81. The maximum Gasteiger partial charge on any atom is 0.292 e. The zero-order chi connectivity index (χ0) is 21.1. The van der Waals surface area contributed by atoms with E-state index in [1.165, 1.54) is 0 Å². The van der Waals surface area contributed by atoms with E-state index in [0.717, 1.165) is 23.2 Å². The van der Waals surface area contributed by atoms with Crippen LogP contribution >= 0.6 is 0 Å². The number of nitrogens with one attached hydrogen (secondary N) is 2. The second kappa shape index (κ2) is 8.21. The van der Waals surface area contributed by atoms with Gasteiger partial charge in [0.05, 0.1) is 5.52 Å². The molecule has 0 saturated carbocycles. The third-order valence-corrected chi connectivity index (χ3v) is 4.89. The van der Waals surface area contributed by atoms with Crippen LogP contribution in [-0.2, 0) is 6.42 Å². The maximum absolute atomic E-state index is 13.0. The van der Waals surface area contributed by atoms with E-state index in [1.54, 1.807) is 22.7 Å². The monoisotopic (exact) mass is 398 g/mol. The van der Waals surface area contributed by atoms with Gasteiger partial charge in [0, 0.05) is 17.6 Å². The van der Waals surface area contributed by atoms with Crippen LogP contribution in [0.1, 0.15) is 39.2 Å². The maximum atomic E-state index is 13.0. The van der Waals surface area contributed by atoms with Crippen LogP contribution in [0.4, 0.5) is 11.4 Å². The number of hydrogen-bond acceptors (Lipinski definition) is 3. The molecule has 6 nitrogen and oxygen atoms in total. The van der Waals surface area contributed by atoms with Crippen molar-refractivity contribution in [3.8, 4) is 0 Å². The topological polar surface area (TPSA) is 75.5 Å². The molecular formula is C24H22N4O2. The molecule has 150 valence electrons. The fourth-order valence-corrected chi connectivity index (χ4v) is 3.41. The van der Waals surface area contributed by atoms with Gasteiger partial charge < -0.3 is 10.6 Å². The number of carbonyl (C=O) groups is 2. The van der Waals surface area contributed by atoms with Gasteiger partial charge in [-0.2, -0.15) is 0 Å². The van der Waals surface area contributed by atoms with Crippen molar-refractivity contribution in [2.45, 2.75) is 20.3 Å². The molecule has 0 aliphatic rings. The van der Waals surface area contributed by atoms with Crippen LogP contribution in [0.15, 0.2) is 72.9 Å². The van der Waals surface area contributed by atoms with Crippen LogP contribution in [0, 0.1) is 6.92 Å². The van der Waals surface area contributed by atoms with Crippen molar-refractivity contribution < 1.29 is 9.59 Å². The van der Waals surface area contributed by atoms with E-state index in [9.17, 15) is 9.59 Å². The van der Waals surface area contributed by atoms with E-state index in [-0.39, 0.29) is 23.3 Å². The Morgan fingerprint density at radius 2 is 1.73 bits per heavy atom. The number of pyridine rings is 1. The third-order valence-electron chi connectivity index (χ3n) is 4.89. The summed E-state index contributed by atoms with van der Waals surface area (Å²) in [5.41, 5.74) is 4.26. The number of aromatic nitrogens is 2. The fraction of sp³-hybridized carbons (Fsp3) is 0.125. The van der Waals surface area contributed by atoms with E-state index in [1.807, 2.05) is 68.4 Å². The predicted octanol–water partition coefficient (Wildman–Crippen LogP) is 4.71. The largest absolute Gasteiger partial charge is 0.321 e. The van der Waals surface area contributed by atoms with Gasteiger partial charge in [-0.05, 0) is 54.8 Å². The lowest BCUT2D eigenvalue weighted by Crippen LogP contribution is -2.17. The van der Waals surface area contributed by atoms with Crippen LogP contribution in [0.2, 0.25) is 0 Å². The quantitative estimate of drug-likeness (QED) is 0.511. The van der Waals surface area contributed by atoms with Crippen molar-refractivity contribution in [3.63, 3.8) is 0 Å². The summed E-state index contributed by atoms with van der Waals surface area (Å²) in [5, 5.41) is 5.79. The number of hydrogen-bond donors (Lipinski definition) is 2. The Balaban J connectivity index is 1.68. The zero-order valence-corrected chi connectivity index (χ0v) is 16.8. The van der Waals surface area contributed by atoms with E-state index < -0.39 is 0 Å². The Bertz CT molecular complexity index is 1240. The van der Waals surface area contributed by atoms with Gasteiger partial charge in [-0.25, -0.2) is 4.98 Å². The summed E-state index contributed by atoms with van der Waals surface area (Å²) in [7, 11) is 0. The summed E-state index contributed by atoms with van der Waals surface area (Å²) in [4.78, 5) is 30.3. The molecule has 0 fully saturated rings. The molecule has 0 radical (unpaired) electrons. The number of fused-ring (bicyclic) bond motifs is 1. The van der Waals surface area contributed by atoms with Crippen LogP contribution in [0.25, 0.3) is 5.52 Å². The number of para-hydroxylation sites is 1. The van der Waals surface area contributed by atoms with Crippen molar-refractivity contribution in [2.24, 2.45) is 0 Å². The molecule has 2 aromatic carbocycles. The SMILES string of the molecule is CCc1ccccc1NC(=O)c1nc(C(=O)Nc2cccc(C)c2)c2ccccn12. The van der Waals surface area contributed by atoms with Crippen molar-refractivity contribution in [2.75, 3.05) is 10.6 Å². The van der Waals surface area contributed by atoms with Crippen LogP contribution in [0.5, 0.6) is 0 Å². The smallest absolute Gasteiger partial charge is 0.292 e. The molecule has 0 saturated heterocycles. The van der Waals surface area contributed by atoms with Gasteiger partial charge >= 0.3 is 0 Å². The lowest BCUT2D eigenvalue weighted by atomic mass is 10.1.